The minimum atomic E-state index is -0.0227. The Kier molecular flexibility index (Phi) is 6.55. The first-order valence-corrected chi connectivity index (χ1v) is 8.14. The van der Waals surface area contributed by atoms with Crippen molar-refractivity contribution >= 4 is 27.5 Å². The number of halogens is 1. The number of carbonyl (C=O) groups is 1. The predicted octanol–water partition coefficient (Wildman–Crippen LogP) is 3.36. The maximum Gasteiger partial charge on any atom is 0.225 e. The van der Waals surface area contributed by atoms with E-state index in [9.17, 15) is 4.79 Å². The standard InChI is InChI=1S/C17H20BrN3O2/c1-12(20-11-13-4-3-9-19-17(13)23-2)10-16(22)21-15-7-5-14(18)6-8-15/h3-9,12,20H,10-11H2,1-2H3,(H,21,22). The third-order valence-electron chi connectivity index (χ3n) is 3.30. The van der Waals surface area contributed by atoms with Crippen LogP contribution in [-0.2, 0) is 11.3 Å². The Balaban J connectivity index is 1.81. The van der Waals surface area contributed by atoms with Crippen molar-refractivity contribution in [2.24, 2.45) is 0 Å². The highest BCUT2D eigenvalue weighted by atomic mass is 79.9. The zero-order valence-corrected chi connectivity index (χ0v) is 14.8. The van der Waals surface area contributed by atoms with E-state index in [1.54, 1.807) is 13.3 Å². The molecule has 2 N–H and O–H groups in total. The monoisotopic (exact) mass is 377 g/mol. The molecule has 0 radical (unpaired) electrons. The number of ether oxygens (including phenoxy) is 1. The molecule has 1 heterocycles. The number of carbonyl (C=O) groups excluding carboxylic acids is 1. The first kappa shape index (κ1) is 17.4. The highest BCUT2D eigenvalue weighted by Crippen LogP contribution is 2.15. The van der Waals surface area contributed by atoms with Crippen molar-refractivity contribution in [2.75, 3.05) is 12.4 Å². The highest BCUT2D eigenvalue weighted by molar-refractivity contribution is 9.10. The fourth-order valence-electron chi connectivity index (χ4n) is 2.12. The molecule has 0 aliphatic rings. The van der Waals surface area contributed by atoms with E-state index in [1.807, 2.05) is 43.3 Å². The molecule has 1 unspecified atom stereocenters. The topological polar surface area (TPSA) is 63.2 Å². The van der Waals surface area contributed by atoms with Gasteiger partial charge in [-0.2, -0.15) is 0 Å². The van der Waals surface area contributed by atoms with Crippen molar-refractivity contribution in [3.63, 3.8) is 0 Å². The van der Waals surface area contributed by atoms with Crippen molar-refractivity contribution in [2.45, 2.75) is 25.9 Å². The minimum Gasteiger partial charge on any atom is -0.481 e. The highest BCUT2D eigenvalue weighted by Gasteiger charge is 2.10. The maximum absolute atomic E-state index is 12.0. The summed E-state index contributed by atoms with van der Waals surface area (Å²) in [4.78, 5) is 16.2. The lowest BCUT2D eigenvalue weighted by Crippen LogP contribution is -2.30. The van der Waals surface area contributed by atoms with Crippen molar-refractivity contribution in [1.29, 1.82) is 0 Å². The van der Waals surface area contributed by atoms with Gasteiger partial charge in [-0.3, -0.25) is 4.79 Å². The molecule has 0 aliphatic heterocycles. The molecule has 1 amide bonds. The lowest BCUT2D eigenvalue weighted by molar-refractivity contribution is -0.116. The fourth-order valence-corrected chi connectivity index (χ4v) is 2.39. The second-order valence-electron chi connectivity index (χ2n) is 5.21. The first-order valence-electron chi connectivity index (χ1n) is 7.35. The molecule has 0 spiro atoms. The molecule has 6 heteroatoms. The molecule has 1 aromatic heterocycles. The minimum absolute atomic E-state index is 0.0227. The van der Waals surface area contributed by atoms with Crippen LogP contribution in [0.2, 0.25) is 0 Å². The van der Waals surface area contributed by atoms with Crippen LogP contribution in [0, 0.1) is 0 Å². The summed E-state index contributed by atoms with van der Waals surface area (Å²) in [5.41, 5.74) is 1.76. The predicted molar refractivity (Wildman–Crippen MR) is 94.5 cm³/mol. The molecule has 0 fully saturated rings. The number of aromatic nitrogens is 1. The van der Waals surface area contributed by atoms with Crippen LogP contribution in [0.15, 0.2) is 47.1 Å². The molecule has 1 atom stereocenters. The third kappa shape index (κ3) is 5.65. The van der Waals surface area contributed by atoms with Gasteiger partial charge in [0.05, 0.1) is 7.11 Å². The average Bonchev–Trinajstić information content (AvgIpc) is 2.55. The Labute approximate surface area is 144 Å². The summed E-state index contributed by atoms with van der Waals surface area (Å²) in [6, 6.07) is 11.4. The summed E-state index contributed by atoms with van der Waals surface area (Å²) in [5.74, 6) is 0.581. The molecule has 0 aliphatic carbocycles. The van der Waals surface area contributed by atoms with Crippen molar-refractivity contribution < 1.29 is 9.53 Å². The summed E-state index contributed by atoms with van der Waals surface area (Å²) in [6.07, 6.45) is 2.08. The summed E-state index contributed by atoms with van der Waals surface area (Å²) >= 11 is 3.37. The van der Waals surface area contributed by atoms with Crippen LogP contribution >= 0.6 is 15.9 Å². The number of nitrogens with one attached hydrogen (secondary N) is 2. The summed E-state index contributed by atoms with van der Waals surface area (Å²) in [5, 5.41) is 6.20. The number of benzene rings is 1. The quantitative estimate of drug-likeness (QED) is 0.776. The lowest BCUT2D eigenvalue weighted by atomic mass is 10.2. The number of methoxy groups -OCH3 is 1. The smallest absolute Gasteiger partial charge is 0.225 e. The Morgan fingerprint density at radius 1 is 1.30 bits per heavy atom. The zero-order valence-electron chi connectivity index (χ0n) is 13.2. The molecule has 2 rings (SSSR count). The molecular formula is C17H20BrN3O2. The molecule has 1 aromatic carbocycles. The number of amides is 1. The number of hydrogen-bond acceptors (Lipinski definition) is 4. The van der Waals surface area contributed by atoms with E-state index in [0.717, 1.165) is 15.7 Å². The van der Waals surface area contributed by atoms with E-state index in [2.05, 4.69) is 31.5 Å². The Bertz CT molecular complexity index is 647. The van der Waals surface area contributed by atoms with E-state index >= 15 is 0 Å². The Hall–Kier alpha value is -1.92. The number of hydrogen-bond donors (Lipinski definition) is 2. The fraction of sp³-hybridized carbons (Fsp3) is 0.294. The summed E-state index contributed by atoms with van der Waals surface area (Å²) < 4.78 is 6.20. The molecule has 0 bridgehead atoms. The number of nitrogens with zero attached hydrogens (tertiary/aromatic N) is 1. The normalized spacial score (nSPS) is 11.8. The second kappa shape index (κ2) is 8.64. The van der Waals surface area contributed by atoms with Crippen molar-refractivity contribution in [3.05, 3.63) is 52.6 Å². The average molecular weight is 378 g/mol. The van der Waals surface area contributed by atoms with Crippen LogP contribution in [0.25, 0.3) is 0 Å². The summed E-state index contributed by atoms with van der Waals surface area (Å²) in [6.45, 7) is 2.58. The molecule has 2 aromatic rings. The van der Waals surface area contributed by atoms with Gasteiger partial charge in [0.1, 0.15) is 0 Å². The molecule has 0 saturated carbocycles. The van der Waals surface area contributed by atoms with Gasteiger partial charge in [-0.05, 0) is 37.3 Å². The van der Waals surface area contributed by atoms with E-state index in [0.29, 0.717) is 18.8 Å². The molecule has 23 heavy (non-hydrogen) atoms. The van der Waals surface area contributed by atoms with Gasteiger partial charge in [0.25, 0.3) is 0 Å². The van der Waals surface area contributed by atoms with Crippen LogP contribution in [0.4, 0.5) is 5.69 Å². The van der Waals surface area contributed by atoms with Gasteiger partial charge in [0, 0.05) is 40.9 Å². The van der Waals surface area contributed by atoms with Crippen LogP contribution < -0.4 is 15.4 Å². The van der Waals surface area contributed by atoms with Gasteiger partial charge in [0.15, 0.2) is 0 Å². The lowest BCUT2D eigenvalue weighted by Gasteiger charge is -2.15. The van der Waals surface area contributed by atoms with E-state index in [-0.39, 0.29) is 11.9 Å². The number of anilines is 1. The number of pyridine rings is 1. The molecule has 5 nitrogen and oxygen atoms in total. The Morgan fingerprint density at radius 2 is 2.04 bits per heavy atom. The van der Waals surface area contributed by atoms with Crippen LogP contribution in [-0.4, -0.2) is 24.0 Å². The van der Waals surface area contributed by atoms with E-state index in [1.165, 1.54) is 0 Å². The van der Waals surface area contributed by atoms with Crippen LogP contribution in [0.3, 0.4) is 0 Å². The SMILES string of the molecule is COc1ncccc1CNC(C)CC(=O)Nc1ccc(Br)cc1. The molecule has 122 valence electrons. The zero-order chi connectivity index (χ0) is 16.7. The second-order valence-corrected chi connectivity index (χ2v) is 6.13. The largest absolute Gasteiger partial charge is 0.481 e. The van der Waals surface area contributed by atoms with Gasteiger partial charge in [-0.1, -0.05) is 22.0 Å². The van der Waals surface area contributed by atoms with Gasteiger partial charge in [0.2, 0.25) is 11.8 Å². The van der Waals surface area contributed by atoms with Gasteiger partial charge in [-0.25, -0.2) is 4.98 Å². The third-order valence-corrected chi connectivity index (χ3v) is 3.83. The van der Waals surface area contributed by atoms with E-state index < -0.39 is 0 Å². The maximum atomic E-state index is 12.0. The molecule has 0 saturated heterocycles. The van der Waals surface area contributed by atoms with Crippen molar-refractivity contribution in [1.82, 2.24) is 10.3 Å². The number of rotatable bonds is 7. The van der Waals surface area contributed by atoms with Crippen LogP contribution in [0.5, 0.6) is 5.88 Å². The summed E-state index contributed by atoms with van der Waals surface area (Å²) in [7, 11) is 1.60. The van der Waals surface area contributed by atoms with Crippen molar-refractivity contribution in [3.8, 4) is 5.88 Å². The Morgan fingerprint density at radius 3 is 2.74 bits per heavy atom. The molecular weight excluding hydrogens is 358 g/mol. The van der Waals surface area contributed by atoms with Gasteiger partial charge < -0.3 is 15.4 Å². The van der Waals surface area contributed by atoms with Gasteiger partial charge in [-0.15, -0.1) is 0 Å². The first-order chi connectivity index (χ1) is 11.1. The van der Waals surface area contributed by atoms with Gasteiger partial charge >= 0.3 is 0 Å². The van der Waals surface area contributed by atoms with E-state index in [4.69, 9.17) is 4.74 Å². The van der Waals surface area contributed by atoms with Crippen LogP contribution in [0.1, 0.15) is 18.9 Å².